The second kappa shape index (κ2) is 6.09. The van der Waals surface area contributed by atoms with Gasteiger partial charge in [-0.15, -0.1) is 6.58 Å². The Morgan fingerprint density at radius 2 is 1.80 bits per heavy atom. The van der Waals surface area contributed by atoms with Gasteiger partial charge in [-0.05, 0) is 12.1 Å². The number of hydrogen-bond donors (Lipinski definition) is 0. The van der Waals surface area contributed by atoms with Crippen molar-refractivity contribution in [3.05, 3.63) is 47.8 Å². The Hall–Kier alpha value is -1.82. The van der Waals surface area contributed by atoms with Crippen molar-refractivity contribution in [2.75, 3.05) is 32.7 Å². The first-order valence-electron chi connectivity index (χ1n) is 6.30. The van der Waals surface area contributed by atoms with Crippen LogP contribution in [-0.2, 0) is 0 Å². The normalized spacial score (nSPS) is 16.2. The topological polar surface area (TPSA) is 23.6 Å². The Kier molecular flexibility index (Phi) is 4.44. The molecule has 20 heavy (non-hydrogen) atoms. The van der Waals surface area contributed by atoms with E-state index >= 15 is 0 Å². The van der Waals surface area contributed by atoms with Crippen LogP contribution in [0.15, 0.2) is 24.8 Å². The van der Waals surface area contributed by atoms with Gasteiger partial charge in [-0.3, -0.25) is 9.69 Å². The van der Waals surface area contributed by atoms with E-state index in [9.17, 15) is 18.0 Å². The van der Waals surface area contributed by atoms with Gasteiger partial charge >= 0.3 is 0 Å². The highest BCUT2D eigenvalue weighted by atomic mass is 19.2. The number of carbonyl (C=O) groups is 1. The van der Waals surface area contributed by atoms with E-state index in [0.29, 0.717) is 26.2 Å². The third-order valence-electron chi connectivity index (χ3n) is 3.31. The van der Waals surface area contributed by atoms with Gasteiger partial charge in [-0.2, -0.15) is 0 Å². The van der Waals surface area contributed by atoms with Gasteiger partial charge in [0.25, 0.3) is 5.91 Å². The summed E-state index contributed by atoms with van der Waals surface area (Å²) < 4.78 is 39.6. The van der Waals surface area contributed by atoms with E-state index < -0.39 is 28.9 Å². The number of amides is 1. The van der Waals surface area contributed by atoms with Gasteiger partial charge in [0.05, 0.1) is 5.56 Å². The minimum atomic E-state index is -1.61. The van der Waals surface area contributed by atoms with Crippen molar-refractivity contribution in [3.63, 3.8) is 0 Å². The van der Waals surface area contributed by atoms with Gasteiger partial charge in [-0.1, -0.05) is 6.08 Å². The molecular weight excluding hydrogens is 269 g/mol. The van der Waals surface area contributed by atoms with E-state index in [2.05, 4.69) is 11.5 Å². The van der Waals surface area contributed by atoms with Crippen molar-refractivity contribution in [3.8, 4) is 0 Å². The van der Waals surface area contributed by atoms with Crippen LogP contribution in [0.1, 0.15) is 10.4 Å². The fourth-order valence-corrected chi connectivity index (χ4v) is 2.18. The monoisotopic (exact) mass is 284 g/mol. The van der Waals surface area contributed by atoms with Crippen LogP contribution in [0.25, 0.3) is 0 Å². The number of halogens is 3. The third kappa shape index (κ3) is 2.85. The van der Waals surface area contributed by atoms with Crippen LogP contribution >= 0.6 is 0 Å². The minimum Gasteiger partial charge on any atom is -0.336 e. The molecule has 1 saturated heterocycles. The van der Waals surface area contributed by atoms with E-state index in [1.54, 1.807) is 6.08 Å². The maximum Gasteiger partial charge on any atom is 0.257 e. The zero-order valence-electron chi connectivity index (χ0n) is 10.9. The molecule has 0 atom stereocenters. The highest BCUT2D eigenvalue weighted by molar-refractivity contribution is 5.94. The second-order valence-corrected chi connectivity index (χ2v) is 4.60. The molecule has 0 saturated carbocycles. The van der Waals surface area contributed by atoms with Gasteiger partial charge in [0.15, 0.2) is 17.5 Å². The Morgan fingerprint density at radius 1 is 1.15 bits per heavy atom. The Morgan fingerprint density at radius 3 is 2.40 bits per heavy atom. The molecule has 1 fully saturated rings. The Bertz CT molecular complexity index is 525. The van der Waals surface area contributed by atoms with E-state index in [1.807, 2.05) is 0 Å². The Balaban J connectivity index is 2.10. The Labute approximate surface area is 115 Å². The molecule has 3 nitrogen and oxygen atoms in total. The molecular formula is C14H15F3N2O. The average Bonchev–Trinajstić information content (AvgIpc) is 2.45. The molecule has 0 aliphatic carbocycles. The van der Waals surface area contributed by atoms with Crippen LogP contribution in [0.2, 0.25) is 0 Å². The van der Waals surface area contributed by atoms with Gasteiger partial charge in [0.1, 0.15) is 0 Å². The summed E-state index contributed by atoms with van der Waals surface area (Å²) in [6.45, 7) is 6.49. The molecule has 0 bridgehead atoms. The predicted molar refractivity (Wildman–Crippen MR) is 68.9 cm³/mol. The first kappa shape index (κ1) is 14.6. The molecule has 1 aliphatic rings. The summed E-state index contributed by atoms with van der Waals surface area (Å²) in [5.74, 6) is -4.95. The van der Waals surface area contributed by atoms with Crippen LogP contribution < -0.4 is 0 Å². The van der Waals surface area contributed by atoms with Gasteiger partial charge in [-0.25, -0.2) is 13.2 Å². The zero-order chi connectivity index (χ0) is 14.7. The molecule has 1 amide bonds. The van der Waals surface area contributed by atoms with Crippen molar-refractivity contribution in [2.24, 2.45) is 0 Å². The van der Waals surface area contributed by atoms with E-state index in [1.165, 1.54) is 4.90 Å². The van der Waals surface area contributed by atoms with Crippen molar-refractivity contribution >= 4 is 5.91 Å². The third-order valence-corrected chi connectivity index (χ3v) is 3.31. The highest BCUT2D eigenvalue weighted by Gasteiger charge is 2.25. The molecule has 1 aromatic carbocycles. The van der Waals surface area contributed by atoms with E-state index in [-0.39, 0.29) is 0 Å². The van der Waals surface area contributed by atoms with E-state index in [4.69, 9.17) is 0 Å². The molecule has 1 heterocycles. The molecule has 108 valence electrons. The summed E-state index contributed by atoms with van der Waals surface area (Å²) >= 11 is 0. The first-order chi connectivity index (χ1) is 9.54. The largest absolute Gasteiger partial charge is 0.336 e. The van der Waals surface area contributed by atoms with Crippen molar-refractivity contribution in [1.82, 2.24) is 9.80 Å². The lowest BCUT2D eigenvalue weighted by Gasteiger charge is -2.34. The van der Waals surface area contributed by atoms with Crippen LogP contribution in [0.5, 0.6) is 0 Å². The van der Waals surface area contributed by atoms with E-state index in [0.717, 1.165) is 18.7 Å². The summed E-state index contributed by atoms with van der Waals surface area (Å²) in [6.07, 6.45) is 1.77. The van der Waals surface area contributed by atoms with Crippen LogP contribution in [0.3, 0.4) is 0 Å². The van der Waals surface area contributed by atoms with Gasteiger partial charge in [0.2, 0.25) is 0 Å². The lowest BCUT2D eigenvalue weighted by atomic mass is 10.1. The molecule has 6 heteroatoms. The molecule has 0 unspecified atom stereocenters. The fourth-order valence-electron chi connectivity index (χ4n) is 2.18. The van der Waals surface area contributed by atoms with Crippen molar-refractivity contribution < 1.29 is 18.0 Å². The number of hydrogen-bond acceptors (Lipinski definition) is 2. The van der Waals surface area contributed by atoms with Crippen molar-refractivity contribution in [1.29, 1.82) is 0 Å². The highest BCUT2D eigenvalue weighted by Crippen LogP contribution is 2.17. The van der Waals surface area contributed by atoms with Crippen LogP contribution in [0.4, 0.5) is 13.2 Å². The fraction of sp³-hybridized carbons (Fsp3) is 0.357. The first-order valence-corrected chi connectivity index (χ1v) is 6.30. The molecule has 2 rings (SSSR count). The predicted octanol–water partition coefficient (Wildman–Crippen LogP) is 2.05. The molecule has 0 aromatic heterocycles. The summed E-state index contributed by atoms with van der Waals surface area (Å²) in [4.78, 5) is 15.6. The van der Waals surface area contributed by atoms with Gasteiger partial charge < -0.3 is 4.90 Å². The summed E-state index contributed by atoms with van der Waals surface area (Å²) in [5, 5.41) is 0. The second-order valence-electron chi connectivity index (χ2n) is 4.60. The smallest absolute Gasteiger partial charge is 0.257 e. The number of carbonyl (C=O) groups excluding carboxylic acids is 1. The van der Waals surface area contributed by atoms with Crippen molar-refractivity contribution in [2.45, 2.75) is 0 Å². The molecule has 0 spiro atoms. The average molecular weight is 284 g/mol. The molecule has 1 aliphatic heterocycles. The lowest BCUT2D eigenvalue weighted by molar-refractivity contribution is 0.0644. The summed E-state index contributed by atoms with van der Waals surface area (Å²) in [7, 11) is 0. The summed E-state index contributed by atoms with van der Waals surface area (Å²) in [5.41, 5.74) is -0.430. The number of benzene rings is 1. The molecule has 1 aromatic rings. The molecule has 0 radical (unpaired) electrons. The lowest BCUT2D eigenvalue weighted by Crippen LogP contribution is -2.48. The number of piperazine rings is 1. The minimum absolute atomic E-state index is 0.422. The maximum atomic E-state index is 13.6. The number of nitrogens with zero attached hydrogens (tertiary/aromatic N) is 2. The maximum absolute atomic E-state index is 13.6. The zero-order valence-corrected chi connectivity index (χ0v) is 10.9. The molecule has 0 N–H and O–H groups in total. The SMILES string of the molecule is C=CCN1CCN(C(=O)c2ccc(F)c(F)c2F)CC1. The standard InChI is InChI=1S/C14H15F3N2O/c1-2-5-18-6-8-19(9-7-18)14(20)10-3-4-11(15)13(17)12(10)16/h2-4H,1,5-9H2. The van der Waals surface area contributed by atoms with Crippen LogP contribution in [-0.4, -0.2) is 48.4 Å². The quantitative estimate of drug-likeness (QED) is 0.626. The van der Waals surface area contributed by atoms with Crippen LogP contribution in [0, 0.1) is 17.5 Å². The van der Waals surface area contributed by atoms with Gasteiger partial charge in [0, 0.05) is 32.7 Å². The summed E-state index contributed by atoms with van der Waals surface area (Å²) in [6, 6.07) is 1.74. The number of rotatable bonds is 3.